The van der Waals surface area contributed by atoms with Crippen LogP contribution in [0.3, 0.4) is 0 Å². The summed E-state index contributed by atoms with van der Waals surface area (Å²) in [5, 5.41) is 9.89. The minimum absolute atomic E-state index is 0.326. The molecule has 2 aliphatic heterocycles. The highest BCUT2D eigenvalue weighted by Gasteiger charge is 2.34. The molecular formula is C17H26N2O. The van der Waals surface area contributed by atoms with E-state index in [1.165, 1.54) is 31.6 Å². The number of hydrogen-bond donors (Lipinski definition) is 1. The van der Waals surface area contributed by atoms with Crippen molar-refractivity contribution in [2.45, 2.75) is 51.3 Å². The van der Waals surface area contributed by atoms with Gasteiger partial charge in [-0.2, -0.15) is 0 Å². The van der Waals surface area contributed by atoms with Gasteiger partial charge in [0.15, 0.2) is 0 Å². The largest absolute Gasteiger partial charge is 0.388 e. The smallest absolute Gasteiger partial charge is 0.0787 e. The molecule has 3 rings (SSSR count). The van der Waals surface area contributed by atoms with Crippen molar-refractivity contribution in [3.05, 3.63) is 29.8 Å². The second-order valence-electron chi connectivity index (χ2n) is 6.31. The molecule has 2 unspecified atom stereocenters. The van der Waals surface area contributed by atoms with Gasteiger partial charge in [0.1, 0.15) is 0 Å². The average molecular weight is 274 g/mol. The molecule has 0 radical (unpaired) electrons. The number of nitrogens with zero attached hydrogens (tertiary/aromatic N) is 2. The molecule has 0 saturated carbocycles. The Hall–Kier alpha value is -1.06. The Balaban J connectivity index is 1.74. The fourth-order valence-corrected chi connectivity index (χ4v) is 3.67. The van der Waals surface area contributed by atoms with Crippen LogP contribution in [0.5, 0.6) is 0 Å². The van der Waals surface area contributed by atoms with Crippen LogP contribution in [0.1, 0.15) is 44.8 Å². The summed E-state index contributed by atoms with van der Waals surface area (Å²) in [7, 11) is 0. The van der Waals surface area contributed by atoms with Crippen molar-refractivity contribution in [2.75, 3.05) is 24.5 Å². The topological polar surface area (TPSA) is 26.7 Å². The van der Waals surface area contributed by atoms with Gasteiger partial charge in [-0.25, -0.2) is 0 Å². The van der Waals surface area contributed by atoms with E-state index in [4.69, 9.17) is 0 Å². The van der Waals surface area contributed by atoms with E-state index >= 15 is 0 Å². The Labute approximate surface area is 122 Å². The van der Waals surface area contributed by atoms with Crippen molar-refractivity contribution in [2.24, 2.45) is 0 Å². The summed E-state index contributed by atoms with van der Waals surface area (Å²) >= 11 is 0. The number of rotatable bonds is 3. The van der Waals surface area contributed by atoms with Crippen molar-refractivity contribution in [1.82, 2.24) is 4.90 Å². The van der Waals surface area contributed by atoms with E-state index in [-0.39, 0.29) is 6.10 Å². The summed E-state index contributed by atoms with van der Waals surface area (Å²) in [5.41, 5.74) is 2.33. The zero-order valence-electron chi connectivity index (χ0n) is 12.6. The number of piperazine rings is 1. The van der Waals surface area contributed by atoms with Crippen LogP contribution in [0.2, 0.25) is 0 Å². The molecule has 0 bridgehead atoms. The van der Waals surface area contributed by atoms with Crippen molar-refractivity contribution in [3.8, 4) is 0 Å². The average Bonchev–Trinajstić information content (AvgIpc) is 2.93. The Morgan fingerprint density at radius 2 is 2.00 bits per heavy atom. The maximum atomic E-state index is 9.89. The van der Waals surface area contributed by atoms with Crippen LogP contribution in [0.25, 0.3) is 0 Å². The molecule has 0 spiro atoms. The summed E-state index contributed by atoms with van der Waals surface area (Å²) in [5.74, 6) is 0. The minimum atomic E-state index is -0.326. The zero-order chi connectivity index (χ0) is 14.1. The van der Waals surface area contributed by atoms with Gasteiger partial charge in [0.2, 0.25) is 0 Å². The third-order valence-electron chi connectivity index (χ3n) is 4.93. The Morgan fingerprint density at radius 1 is 1.25 bits per heavy atom. The number of hydrogen-bond acceptors (Lipinski definition) is 3. The molecule has 2 fully saturated rings. The van der Waals surface area contributed by atoms with Gasteiger partial charge in [-0.05, 0) is 50.4 Å². The lowest BCUT2D eigenvalue weighted by Crippen LogP contribution is -2.55. The van der Waals surface area contributed by atoms with E-state index in [2.05, 4.69) is 41.0 Å². The molecule has 0 amide bonds. The van der Waals surface area contributed by atoms with Gasteiger partial charge in [-0.15, -0.1) is 0 Å². The highest BCUT2D eigenvalue weighted by molar-refractivity contribution is 5.49. The van der Waals surface area contributed by atoms with Gasteiger partial charge in [0.25, 0.3) is 0 Å². The summed E-state index contributed by atoms with van der Waals surface area (Å²) in [6.07, 6.45) is 3.15. The van der Waals surface area contributed by atoms with Crippen molar-refractivity contribution < 1.29 is 5.11 Å². The highest BCUT2D eigenvalue weighted by Crippen LogP contribution is 2.29. The van der Waals surface area contributed by atoms with Crippen LogP contribution in [0, 0.1) is 0 Å². The maximum absolute atomic E-state index is 9.89. The third kappa shape index (κ3) is 2.57. The maximum Gasteiger partial charge on any atom is 0.0787 e. The molecule has 0 aliphatic carbocycles. The van der Waals surface area contributed by atoms with Gasteiger partial charge in [-0.1, -0.05) is 19.1 Å². The molecule has 0 aromatic heterocycles. The summed E-state index contributed by atoms with van der Waals surface area (Å²) in [6, 6.07) is 9.83. The molecule has 20 heavy (non-hydrogen) atoms. The molecule has 2 saturated heterocycles. The van der Waals surface area contributed by atoms with Gasteiger partial charge in [0.05, 0.1) is 6.10 Å². The summed E-state index contributed by atoms with van der Waals surface area (Å²) in [4.78, 5) is 5.19. The Kier molecular flexibility index (Phi) is 3.99. The van der Waals surface area contributed by atoms with Crippen molar-refractivity contribution >= 4 is 5.69 Å². The second kappa shape index (κ2) is 5.74. The molecule has 110 valence electrons. The monoisotopic (exact) mass is 274 g/mol. The predicted octanol–water partition coefficient (Wildman–Crippen LogP) is 2.80. The van der Waals surface area contributed by atoms with E-state index in [1.807, 2.05) is 6.92 Å². The molecule has 2 heterocycles. The van der Waals surface area contributed by atoms with Gasteiger partial charge < -0.3 is 10.0 Å². The zero-order valence-corrected chi connectivity index (χ0v) is 12.6. The highest BCUT2D eigenvalue weighted by atomic mass is 16.3. The van der Waals surface area contributed by atoms with Gasteiger partial charge in [-0.3, -0.25) is 4.90 Å². The molecular weight excluding hydrogens is 248 g/mol. The van der Waals surface area contributed by atoms with E-state index in [1.54, 1.807) is 0 Å². The molecule has 3 heteroatoms. The van der Waals surface area contributed by atoms with E-state index < -0.39 is 0 Å². The number of anilines is 1. The summed E-state index contributed by atoms with van der Waals surface area (Å²) in [6.45, 7) is 7.95. The molecule has 2 aliphatic rings. The second-order valence-corrected chi connectivity index (χ2v) is 6.31. The van der Waals surface area contributed by atoms with Crippen LogP contribution in [-0.4, -0.2) is 41.7 Å². The first-order valence-corrected chi connectivity index (χ1v) is 7.97. The minimum Gasteiger partial charge on any atom is -0.388 e. The molecule has 3 atom stereocenters. The van der Waals surface area contributed by atoms with Gasteiger partial charge >= 0.3 is 0 Å². The summed E-state index contributed by atoms with van der Waals surface area (Å²) < 4.78 is 0. The first-order chi connectivity index (χ1) is 9.69. The van der Waals surface area contributed by atoms with E-state index in [0.29, 0.717) is 6.04 Å². The number of fused-ring (bicyclic) bond motifs is 1. The fourth-order valence-electron chi connectivity index (χ4n) is 3.67. The van der Waals surface area contributed by atoms with Gasteiger partial charge in [0, 0.05) is 30.9 Å². The third-order valence-corrected chi connectivity index (χ3v) is 4.93. The normalized spacial score (nSPS) is 28.4. The standard InChI is InChI=1S/C17H26N2O/c1-3-17(20)14-6-8-15(9-7-14)19-12-16-5-4-10-18(16)11-13(19)2/h6-9,13,16-17,20H,3-5,10-12H2,1-2H3/t13?,16?,17-/m1/s1. The van der Waals surface area contributed by atoms with Crippen molar-refractivity contribution in [1.29, 1.82) is 0 Å². The van der Waals surface area contributed by atoms with Crippen molar-refractivity contribution in [3.63, 3.8) is 0 Å². The number of benzene rings is 1. The fraction of sp³-hybridized carbons (Fsp3) is 0.647. The van der Waals surface area contributed by atoms with Crippen LogP contribution in [0.4, 0.5) is 5.69 Å². The van der Waals surface area contributed by atoms with Crippen LogP contribution >= 0.6 is 0 Å². The lowest BCUT2D eigenvalue weighted by Gasteiger charge is -2.43. The number of aliphatic hydroxyl groups is 1. The molecule has 1 aromatic carbocycles. The molecule has 1 N–H and O–H groups in total. The SMILES string of the molecule is CC[C@@H](O)c1ccc(N2CC3CCCN3CC2C)cc1. The Morgan fingerprint density at radius 3 is 2.70 bits per heavy atom. The quantitative estimate of drug-likeness (QED) is 0.918. The molecule has 1 aromatic rings. The van der Waals surface area contributed by atoms with Crippen LogP contribution < -0.4 is 4.90 Å². The Bertz CT molecular complexity index is 445. The predicted molar refractivity (Wildman–Crippen MR) is 83.1 cm³/mol. The van der Waals surface area contributed by atoms with E-state index in [0.717, 1.165) is 24.6 Å². The number of aliphatic hydroxyl groups excluding tert-OH is 1. The lowest BCUT2D eigenvalue weighted by atomic mass is 10.0. The van der Waals surface area contributed by atoms with Crippen LogP contribution in [-0.2, 0) is 0 Å². The first kappa shape index (κ1) is 13.9. The lowest BCUT2D eigenvalue weighted by molar-refractivity contribution is 0.173. The molecule has 3 nitrogen and oxygen atoms in total. The van der Waals surface area contributed by atoms with Crippen LogP contribution in [0.15, 0.2) is 24.3 Å². The first-order valence-electron chi connectivity index (χ1n) is 7.97. The van der Waals surface area contributed by atoms with E-state index in [9.17, 15) is 5.11 Å².